The van der Waals surface area contributed by atoms with Crippen LogP contribution in [0, 0.1) is 35.0 Å². The van der Waals surface area contributed by atoms with Crippen LogP contribution in [0.1, 0.15) is 64.7 Å². The van der Waals surface area contributed by atoms with E-state index in [4.69, 9.17) is 4.74 Å². The van der Waals surface area contributed by atoms with Crippen LogP contribution < -0.4 is 5.32 Å². The van der Waals surface area contributed by atoms with Gasteiger partial charge in [0.1, 0.15) is 11.9 Å². The number of hydrogen-bond acceptors (Lipinski definition) is 2. The van der Waals surface area contributed by atoms with Crippen molar-refractivity contribution in [1.29, 1.82) is 0 Å². The molecule has 1 heterocycles. The fraction of sp³-hybridized carbons (Fsp3) is 0.474. The maximum absolute atomic E-state index is 6.46. The second-order valence-electron chi connectivity index (χ2n) is 13.3. The molecule has 0 amide bonds. The van der Waals surface area contributed by atoms with Crippen LogP contribution in [0.5, 0.6) is 0 Å². The predicted molar refractivity (Wildman–Crippen MR) is 164 cm³/mol. The van der Waals surface area contributed by atoms with Crippen LogP contribution in [0.15, 0.2) is 119 Å². The Balaban J connectivity index is 1.20. The van der Waals surface area contributed by atoms with E-state index in [0.717, 1.165) is 31.4 Å². The van der Waals surface area contributed by atoms with Gasteiger partial charge in [0.15, 0.2) is 0 Å². The van der Waals surface area contributed by atoms with E-state index in [9.17, 15) is 0 Å². The molecule has 1 N–H and O–H groups in total. The molecule has 2 heteroatoms. The van der Waals surface area contributed by atoms with E-state index >= 15 is 0 Å². The minimum absolute atomic E-state index is 0.102. The summed E-state index contributed by atoms with van der Waals surface area (Å²) in [5.74, 6) is 3.80. The lowest BCUT2D eigenvalue weighted by molar-refractivity contribution is 0.128. The Kier molecular flexibility index (Phi) is 6.08. The summed E-state index contributed by atoms with van der Waals surface area (Å²) in [6, 6.07) is 0.363. The molecule has 0 saturated carbocycles. The van der Waals surface area contributed by atoms with Gasteiger partial charge in [0.05, 0.1) is 0 Å². The SMILES string of the molecule is CC1C=CC2OC3=C(CCC=C3)C2C1NC1=CCC2C(=C1)C(C1C=CC=CC1)(C1CC=CCC1)C1=C2CCC=C1. The molecule has 0 bridgehead atoms. The number of allylic oxidation sites excluding steroid dienone is 15. The van der Waals surface area contributed by atoms with Crippen molar-refractivity contribution in [2.45, 2.75) is 76.9 Å². The molecule has 8 aliphatic rings. The van der Waals surface area contributed by atoms with Crippen LogP contribution in [0.4, 0.5) is 0 Å². The molecule has 0 aromatic heterocycles. The first-order chi connectivity index (χ1) is 19.7. The largest absolute Gasteiger partial charge is 0.486 e. The van der Waals surface area contributed by atoms with Crippen LogP contribution in [0.3, 0.4) is 0 Å². The zero-order valence-electron chi connectivity index (χ0n) is 23.9. The van der Waals surface area contributed by atoms with Gasteiger partial charge in [-0.15, -0.1) is 0 Å². The van der Waals surface area contributed by atoms with E-state index < -0.39 is 0 Å². The highest BCUT2D eigenvalue weighted by atomic mass is 16.5. The first-order valence-corrected chi connectivity index (χ1v) is 16.1. The summed E-state index contributed by atoms with van der Waals surface area (Å²) >= 11 is 0. The monoisotopic (exact) mass is 529 g/mol. The van der Waals surface area contributed by atoms with Crippen molar-refractivity contribution in [2.75, 3.05) is 0 Å². The quantitative estimate of drug-likeness (QED) is 0.368. The van der Waals surface area contributed by atoms with Crippen LogP contribution in [-0.4, -0.2) is 12.1 Å². The Morgan fingerprint density at radius 3 is 2.60 bits per heavy atom. The van der Waals surface area contributed by atoms with Crippen LogP contribution in [0.2, 0.25) is 0 Å². The average Bonchev–Trinajstić information content (AvgIpc) is 3.53. The molecule has 8 atom stereocenters. The topological polar surface area (TPSA) is 21.3 Å². The van der Waals surface area contributed by atoms with E-state index in [-0.39, 0.29) is 11.5 Å². The van der Waals surface area contributed by atoms with Crippen molar-refractivity contribution in [3.05, 3.63) is 119 Å². The third kappa shape index (κ3) is 3.67. The molecule has 206 valence electrons. The number of hydrogen-bond donors (Lipinski definition) is 1. The van der Waals surface area contributed by atoms with E-state index in [1.54, 1.807) is 16.7 Å². The normalized spacial score (nSPS) is 40.8. The van der Waals surface area contributed by atoms with Crippen molar-refractivity contribution in [2.24, 2.45) is 35.0 Å². The lowest BCUT2D eigenvalue weighted by atomic mass is 9.55. The highest BCUT2D eigenvalue weighted by molar-refractivity contribution is 5.58. The number of ether oxygens (including phenoxy) is 1. The van der Waals surface area contributed by atoms with Gasteiger partial charge in [0.25, 0.3) is 0 Å². The lowest BCUT2D eigenvalue weighted by Crippen LogP contribution is -2.47. The molecule has 8 rings (SSSR count). The Hall–Kier alpha value is -3.00. The highest BCUT2D eigenvalue weighted by Gasteiger charge is 2.56. The van der Waals surface area contributed by atoms with Gasteiger partial charge in [-0.3, -0.25) is 0 Å². The highest BCUT2D eigenvalue weighted by Crippen LogP contribution is 2.65. The Morgan fingerprint density at radius 1 is 0.850 bits per heavy atom. The average molecular weight is 530 g/mol. The van der Waals surface area contributed by atoms with Gasteiger partial charge < -0.3 is 10.1 Å². The third-order valence-corrected chi connectivity index (χ3v) is 11.4. The van der Waals surface area contributed by atoms with Crippen molar-refractivity contribution in [1.82, 2.24) is 5.32 Å². The zero-order valence-corrected chi connectivity index (χ0v) is 23.9. The molecule has 0 radical (unpaired) electrons. The third-order valence-electron chi connectivity index (χ3n) is 11.4. The first-order valence-electron chi connectivity index (χ1n) is 16.1. The van der Waals surface area contributed by atoms with E-state index in [1.165, 1.54) is 43.4 Å². The van der Waals surface area contributed by atoms with E-state index in [0.29, 0.717) is 35.6 Å². The Morgan fingerprint density at radius 2 is 1.75 bits per heavy atom. The summed E-state index contributed by atoms with van der Waals surface area (Å²) in [5.41, 5.74) is 8.16. The fourth-order valence-corrected chi connectivity index (χ4v) is 9.69. The summed E-state index contributed by atoms with van der Waals surface area (Å²) in [6.07, 6.45) is 44.8. The van der Waals surface area contributed by atoms with Gasteiger partial charge in [-0.25, -0.2) is 0 Å². The van der Waals surface area contributed by atoms with E-state index in [2.05, 4.69) is 97.3 Å². The minimum atomic E-state index is 0.102. The smallest absolute Gasteiger partial charge is 0.125 e. The summed E-state index contributed by atoms with van der Waals surface area (Å²) in [5, 5.41) is 4.16. The maximum Gasteiger partial charge on any atom is 0.125 e. The van der Waals surface area contributed by atoms with Crippen molar-refractivity contribution in [3.63, 3.8) is 0 Å². The minimum Gasteiger partial charge on any atom is -0.486 e. The van der Waals surface area contributed by atoms with Crippen LogP contribution >= 0.6 is 0 Å². The molecule has 0 fully saturated rings. The van der Waals surface area contributed by atoms with Gasteiger partial charge in [-0.05, 0) is 110 Å². The molecular weight excluding hydrogens is 486 g/mol. The second-order valence-corrected chi connectivity index (χ2v) is 13.3. The molecule has 40 heavy (non-hydrogen) atoms. The summed E-state index contributed by atoms with van der Waals surface area (Å²) < 4.78 is 6.46. The zero-order chi connectivity index (χ0) is 26.7. The number of fused-ring (bicyclic) bond motifs is 4. The molecule has 0 aromatic rings. The van der Waals surface area contributed by atoms with Crippen LogP contribution in [0.25, 0.3) is 0 Å². The standard InChI is InChI=1S/C38H43NO/c1-25-20-23-35-36(31-17-9-11-19-34(31)40-35)37(25)39-28-21-22-30-29-16-8-10-18-32(29)38(33(30)24-28,26-12-4-2-5-13-26)27-14-6-3-7-15-27/h2-6,10-12,18-21,23-27,30,35-37,39H,7-9,13-17,22H2,1H3. The number of rotatable bonds is 4. The first kappa shape index (κ1) is 24.8. The van der Waals surface area contributed by atoms with E-state index in [1.807, 2.05) is 0 Å². The van der Waals surface area contributed by atoms with Crippen molar-refractivity contribution >= 4 is 0 Å². The summed E-state index contributed by atoms with van der Waals surface area (Å²) in [7, 11) is 0. The second kappa shape index (κ2) is 9.82. The van der Waals surface area contributed by atoms with Gasteiger partial charge in [0.2, 0.25) is 0 Å². The van der Waals surface area contributed by atoms with Gasteiger partial charge in [-0.1, -0.05) is 79.3 Å². The fourth-order valence-electron chi connectivity index (χ4n) is 9.69. The molecule has 8 unspecified atom stereocenters. The molecule has 0 aromatic carbocycles. The summed E-state index contributed by atoms with van der Waals surface area (Å²) in [4.78, 5) is 0. The van der Waals surface area contributed by atoms with Crippen LogP contribution in [-0.2, 0) is 4.74 Å². The Bertz CT molecular complexity index is 1390. The predicted octanol–water partition coefficient (Wildman–Crippen LogP) is 8.74. The molecule has 0 spiro atoms. The lowest BCUT2D eigenvalue weighted by Gasteiger charge is -2.48. The molecule has 1 aliphatic heterocycles. The molecular formula is C38H43NO. The molecule has 0 saturated heterocycles. The van der Waals surface area contributed by atoms with Crippen molar-refractivity contribution in [3.8, 4) is 0 Å². The van der Waals surface area contributed by atoms with Crippen molar-refractivity contribution < 1.29 is 4.74 Å². The maximum atomic E-state index is 6.46. The van der Waals surface area contributed by atoms with Gasteiger partial charge in [0, 0.05) is 29.0 Å². The molecule has 7 aliphatic carbocycles. The van der Waals surface area contributed by atoms with Gasteiger partial charge in [-0.2, -0.15) is 0 Å². The Labute approximate surface area is 240 Å². The molecule has 2 nitrogen and oxygen atoms in total. The van der Waals surface area contributed by atoms with Gasteiger partial charge >= 0.3 is 0 Å². The number of nitrogens with one attached hydrogen (secondary N) is 1. The summed E-state index contributed by atoms with van der Waals surface area (Å²) in [6.45, 7) is 2.39.